The van der Waals surface area contributed by atoms with Gasteiger partial charge in [0, 0.05) is 13.1 Å². The van der Waals surface area contributed by atoms with Crippen molar-refractivity contribution in [3.8, 4) is 11.5 Å². The molecule has 0 spiro atoms. The Morgan fingerprint density at radius 1 is 1.37 bits per heavy atom. The maximum atomic E-state index is 12.5. The van der Waals surface area contributed by atoms with Crippen molar-refractivity contribution in [1.82, 2.24) is 4.90 Å². The van der Waals surface area contributed by atoms with E-state index in [4.69, 9.17) is 9.47 Å². The van der Waals surface area contributed by atoms with Crippen LogP contribution in [0.2, 0.25) is 0 Å². The summed E-state index contributed by atoms with van der Waals surface area (Å²) in [6.07, 6.45) is 2.32. The average Bonchev–Trinajstić information content (AvgIpc) is 2.77. The number of hydrogen-bond donors (Lipinski definition) is 1. The van der Waals surface area contributed by atoms with Crippen molar-refractivity contribution in [1.29, 1.82) is 0 Å². The Morgan fingerprint density at radius 2 is 2.05 bits per heavy atom. The summed E-state index contributed by atoms with van der Waals surface area (Å²) in [5.41, 5.74) is 0.292. The minimum absolute atomic E-state index is 0.00959. The number of morpholine rings is 1. The Balaban J connectivity index is 1.83. The highest BCUT2D eigenvalue weighted by Crippen LogP contribution is 2.29. The maximum absolute atomic E-state index is 12.5. The summed E-state index contributed by atoms with van der Waals surface area (Å²) in [6.45, 7) is 1.21. The van der Waals surface area contributed by atoms with Crippen LogP contribution in [0.15, 0.2) is 18.2 Å². The highest BCUT2D eigenvalue weighted by molar-refractivity contribution is 5.97. The largest absolute Gasteiger partial charge is 0.507 e. The Bertz CT molecular complexity index is 490. The third-order valence-corrected chi connectivity index (χ3v) is 3.76. The van der Waals surface area contributed by atoms with Gasteiger partial charge in [-0.3, -0.25) is 4.79 Å². The molecule has 2 aliphatic rings. The fourth-order valence-corrected chi connectivity index (χ4v) is 2.76. The number of hydrogen-bond acceptors (Lipinski definition) is 4. The van der Waals surface area contributed by atoms with E-state index in [-0.39, 0.29) is 23.9 Å². The van der Waals surface area contributed by atoms with Crippen LogP contribution in [0.4, 0.5) is 0 Å². The molecule has 2 aliphatic heterocycles. The second-order valence-corrected chi connectivity index (χ2v) is 5.05. The van der Waals surface area contributed by atoms with Crippen LogP contribution in [0.25, 0.3) is 0 Å². The van der Waals surface area contributed by atoms with Crippen LogP contribution in [0.3, 0.4) is 0 Å². The second-order valence-electron chi connectivity index (χ2n) is 5.05. The number of fused-ring (bicyclic) bond motifs is 2. The number of benzene rings is 1. The number of ether oxygens (including phenoxy) is 2. The number of phenolic OH excluding ortho intramolecular Hbond substituents is 1. The minimum Gasteiger partial charge on any atom is -0.507 e. The Morgan fingerprint density at radius 3 is 2.68 bits per heavy atom. The summed E-state index contributed by atoms with van der Waals surface area (Å²) < 4.78 is 10.8. The normalized spacial score (nSPS) is 25.4. The quantitative estimate of drug-likeness (QED) is 0.876. The first-order chi connectivity index (χ1) is 9.17. The SMILES string of the molecule is COc1ccc(O)c(C(=O)N2CC3CCC(C2)O3)c1. The van der Waals surface area contributed by atoms with Crippen LogP contribution < -0.4 is 4.74 Å². The van der Waals surface area contributed by atoms with Gasteiger partial charge in [0.25, 0.3) is 5.91 Å². The van der Waals surface area contributed by atoms with Crippen molar-refractivity contribution >= 4 is 5.91 Å². The summed E-state index contributed by atoms with van der Waals surface area (Å²) in [4.78, 5) is 14.2. The summed E-state index contributed by atoms with van der Waals surface area (Å²) in [6, 6.07) is 4.70. The Kier molecular flexibility index (Phi) is 3.06. The lowest BCUT2D eigenvalue weighted by Crippen LogP contribution is -2.45. The molecule has 3 rings (SSSR count). The molecule has 0 aromatic heterocycles. The third kappa shape index (κ3) is 2.26. The predicted molar refractivity (Wildman–Crippen MR) is 68.5 cm³/mol. The first-order valence-corrected chi connectivity index (χ1v) is 6.49. The zero-order valence-corrected chi connectivity index (χ0v) is 10.8. The van der Waals surface area contributed by atoms with Crippen molar-refractivity contribution in [3.63, 3.8) is 0 Å². The van der Waals surface area contributed by atoms with Gasteiger partial charge in [-0.05, 0) is 31.0 Å². The topological polar surface area (TPSA) is 59.0 Å². The van der Waals surface area contributed by atoms with Crippen molar-refractivity contribution in [2.24, 2.45) is 0 Å². The molecule has 2 unspecified atom stereocenters. The molecule has 2 fully saturated rings. The van der Waals surface area contributed by atoms with Gasteiger partial charge in [-0.2, -0.15) is 0 Å². The van der Waals surface area contributed by atoms with Gasteiger partial charge in [0.15, 0.2) is 0 Å². The van der Waals surface area contributed by atoms with E-state index in [9.17, 15) is 9.90 Å². The standard InChI is InChI=1S/C14H17NO4/c1-18-9-4-5-13(16)12(6-9)14(17)15-7-10-2-3-11(8-15)19-10/h4-6,10-11,16H,2-3,7-8H2,1H3. The molecule has 1 N–H and O–H groups in total. The van der Waals surface area contributed by atoms with E-state index in [1.54, 1.807) is 17.0 Å². The van der Waals surface area contributed by atoms with Crippen molar-refractivity contribution in [3.05, 3.63) is 23.8 Å². The summed E-state index contributed by atoms with van der Waals surface area (Å²) in [5.74, 6) is 0.402. The van der Waals surface area contributed by atoms with E-state index in [2.05, 4.69) is 0 Å². The van der Waals surface area contributed by atoms with Crippen LogP contribution in [0.1, 0.15) is 23.2 Å². The number of phenols is 1. The van der Waals surface area contributed by atoms with E-state index in [1.165, 1.54) is 13.2 Å². The molecule has 0 saturated carbocycles. The molecule has 1 aromatic carbocycles. The van der Waals surface area contributed by atoms with Gasteiger partial charge in [-0.1, -0.05) is 0 Å². The maximum Gasteiger partial charge on any atom is 0.257 e. The molecule has 5 heteroatoms. The molecule has 0 aliphatic carbocycles. The molecule has 2 bridgehead atoms. The Labute approximate surface area is 111 Å². The van der Waals surface area contributed by atoms with Crippen LogP contribution in [-0.4, -0.2) is 48.3 Å². The molecule has 2 heterocycles. The van der Waals surface area contributed by atoms with E-state index >= 15 is 0 Å². The number of amides is 1. The fourth-order valence-electron chi connectivity index (χ4n) is 2.76. The number of nitrogens with zero attached hydrogens (tertiary/aromatic N) is 1. The molecule has 0 radical (unpaired) electrons. The van der Waals surface area contributed by atoms with Crippen LogP contribution in [-0.2, 0) is 4.74 Å². The van der Waals surface area contributed by atoms with Gasteiger partial charge >= 0.3 is 0 Å². The lowest BCUT2D eigenvalue weighted by atomic mass is 10.1. The summed E-state index contributed by atoms with van der Waals surface area (Å²) in [7, 11) is 1.54. The Hall–Kier alpha value is -1.75. The van der Waals surface area contributed by atoms with Gasteiger partial charge in [0.05, 0.1) is 24.9 Å². The van der Waals surface area contributed by atoms with Gasteiger partial charge in [-0.25, -0.2) is 0 Å². The number of rotatable bonds is 2. The van der Waals surface area contributed by atoms with E-state index in [1.807, 2.05) is 0 Å². The molecular formula is C14H17NO4. The molecule has 2 saturated heterocycles. The van der Waals surface area contributed by atoms with E-state index < -0.39 is 0 Å². The number of likely N-dealkylation sites (tertiary alicyclic amines) is 1. The smallest absolute Gasteiger partial charge is 0.257 e. The lowest BCUT2D eigenvalue weighted by Gasteiger charge is -2.32. The highest BCUT2D eigenvalue weighted by atomic mass is 16.5. The summed E-state index contributed by atoms with van der Waals surface area (Å²) >= 11 is 0. The van der Waals surface area contributed by atoms with Gasteiger partial charge < -0.3 is 19.5 Å². The van der Waals surface area contributed by atoms with E-state index in [0.717, 1.165) is 12.8 Å². The van der Waals surface area contributed by atoms with Crippen molar-refractivity contribution in [2.45, 2.75) is 25.0 Å². The molecule has 1 aromatic rings. The minimum atomic E-state index is -0.156. The van der Waals surface area contributed by atoms with Crippen molar-refractivity contribution < 1.29 is 19.4 Å². The summed E-state index contributed by atoms with van der Waals surface area (Å²) in [5, 5.41) is 9.84. The number of aromatic hydroxyl groups is 1. The highest BCUT2D eigenvalue weighted by Gasteiger charge is 2.36. The molecule has 1 amide bonds. The molecule has 2 atom stereocenters. The molecular weight excluding hydrogens is 246 g/mol. The van der Waals surface area contributed by atoms with Crippen LogP contribution >= 0.6 is 0 Å². The van der Waals surface area contributed by atoms with Crippen LogP contribution in [0, 0.1) is 0 Å². The van der Waals surface area contributed by atoms with Gasteiger partial charge in [-0.15, -0.1) is 0 Å². The van der Waals surface area contributed by atoms with Gasteiger partial charge in [0.2, 0.25) is 0 Å². The average molecular weight is 263 g/mol. The lowest BCUT2D eigenvalue weighted by molar-refractivity contribution is -0.0304. The second kappa shape index (κ2) is 4.74. The fraction of sp³-hybridized carbons (Fsp3) is 0.500. The number of carbonyl (C=O) groups is 1. The molecule has 102 valence electrons. The molecule has 5 nitrogen and oxygen atoms in total. The third-order valence-electron chi connectivity index (χ3n) is 3.76. The zero-order valence-electron chi connectivity index (χ0n) is 10.8. The van der Waals surface area contributed by atoms with Crippen LogP contribution in [0.5, 0.6) is 11.5 Å². The predicted octanol–water partition coefficient (Wildman–Crippen LogP) is 1.40. The first-order valence-electron chi connectivity index (χ1n) is 6.49. The zero-order chi connectivity index (χ0) is 13.4. The van der Waals surface area contributed by atoms with Gasteiger partial charge in [0.1, 0.15) is 11.5 Å². The number of carbonyl (C=O) groups excluding carboxylic acids is 1. The first kappa shape index (κ1) is 12.3. The monoisotopic (exact) mass is 263 g/mol. The van der Waals surface area contributed by atoms with E-state index in [0.29, 0.717) is 24.4 Å². The molecule has 19 heavy (non-hydrogen) atoms. The van der Waals surface area contributed by atoms with Crippen molar-refractivity contribution in [2.75, 3.05) is 20.2 Å². The number of methoxy groups -OCH3 is 1.